The highest BCUT2D eigenvalue weighted by Crippen LogP contribution is 2.26. The number of nitrogens with zero attached hydrogens (tertiary/aromatic N) is 1. The first-order chi connectivity index (χ1) is 10.6. The second-order valence-electron chi connectivity index (χ2n) is 5.01. The minimum Gasteiger partial charge on any atom is -0.484 e. The lowest BCUT2D eigenvalue weighted by molar-refractivity contribution is -0.118. The Hall–Kier alpha value is -2.41. The second-order valence-corrected chi connectivity index (χ2v) is 6.05. The summed E-state index contributed by atoms with van der Waals surface area (Å²) in [5.41, 5.74) is 7.79. The number of aromatic nitrogens is 1. The number of anilines is 1. The number of hydrogen-bond acceptors (Lipinski definition) is 5. The molecule has 1 heterocycles. The van der Waals surface area contributed by atoms with Crippen molar-refractivity contribution in [2.75, 3.05) is 11.9 Å². The SMILES string of the molecule is NC(=O)c1cnc(NC(=O)COc2ccc3c(c2)CCC3)s1. The van der Waals surface area contributed by atoms with Gasteiger partial charge < -0.3 is 10.5 Å². The maximum Gasteiger partial charge on any atom is 0.264 e. The number of hydrogen-bond donors (Lipinski definition) is 2. The third-order valence-electron chi connectivity index (χ3n) is 3.43. The van der Waals surface area contributed by atoms with Crippen LogP contribution in [0.3, 0.4) is 0 Å². The van der Waals surface area contributed by atoms with Crippen LogP contribution in [0.4, 0.5) is 5.13 Å². The molecule has 0 spiro atoms. The number of amides is 2. The smallest absolute Gasteiger partial charge is 0.264 e. The first kappa shape index (κ1) is 14.5. The molecule has 3 N–H and O–H groups in total. The summed E-state index contributed by atoms with van der Waals surface area (Å²) >= 11 is 1.03. The normalized spacial score (nSPS) is 12.7. The number of nitrogens with one attached hydrogen (secondary N) is 1. The number of thiazole rings is 1. The van der Waals surface area contributed by atoms with Crippen LogP contribution in [0.1, 0.15) is 27.2 Å². The van der Waals surface area contributed by atoms with E-state index in [-0.39, 0.29) is 12.5 Å². The Balaban J connectivity index is 1.54. The summed E-state index contributed by atoms with van der Waals surface area (Å²) in [4.78, 5) is 27.0. The van der Waals surface area contributed by atoms with Gasteiger partial charge in [-0.3, -0.25) is 14.9 Å². The summed E-state index contributed by atoms with van der Waals surface area (Å²) in [6, 6.07) is 5.92. The fourth-order valence-electron chi connectivity index (χ4n) is 2.39. The molecule has 7 heteroatoms. The summed E-state index contributed by atoms with van der Waals surface area (Å²) in [5.74, 6) is -0.203. The monoisotopic (exact) mass is 317 g/mol. The average Bonchev–Trinajstić information content (AvgIpc) is 3.13. The van der Waals surface area contributed by atoms with Crippen LogP contribution in [0.15, 0.2) is 24.4 Å². The van der Waals surface area contributed by atoms with Crippen molar-refractivity contribution < 1.29 is 14.3 Å². The van der Waals surface area contributed by atoms with Gasteiger partial charge in [0.05, 0.1) is 6.20 Å². The molecule has 1 aromatic carbocycles. The summed E-state index contributed by atoms with van der Waals surface area (Å²) < 4.78 is 5.49. The molecule has 2 aromatic rings. The third kappa shape index (κ3) is 3.25. The number of rotatable bonds is 5. The molecule has 1 aromatic heterocycles. The van der Waals surface area contributed by atoms with E-state index in [1.807, 2.05) is 12.1 Å². The van der Waals surface area contributed by atoms with Gasteiger partial charge in [0.1, 0.15) is 10.6 Å². The van der Waals surface area contributed by atoms with Crippen LogP contribution < -0.4 is 15.8 Å². The molecule has 0 saturated heterocycles. The van der Waals surface area contributed by atoms with Crippen LogP contribution >= 0.6 is 11.3 Å². The number of benzene rings is 1. The molecule has 22 heavy (non-hydrogen) atoms. The number of nitrogens with two attached hydrogens (primary N) is 1. The Morgan fingerprint density at radius 1 is 1.32 bits per heavy atom. The first-order valence-corrected chi connectivity index (χ1v) is 7.73. The molecular formula is C15H15N3O3S. The van der Waals surface area contributed by atoms with Crippen molar-refractivity contribution in [2.24, 2.45) is 5.73 Å². The molecule has 0 unspecified atom stereocenters. The van der Waals surface area contributed by atoms with E-state index in [9.17, 15) is 9.59 Å². The number of carbonyl (C=O) groups excluding carboxylic acids is 2. The van der Waals surface area contributed by atoms with E-state index in [2.05, 4.69) is 16.4 Å². The summed E-state index contributed by atoms with van der Waals surface area (Å²) in [6.45, 7) is -0.107. The predicted octanol–water partition coefficient (Wildman–Crippen LogP) is 1.75. The number of aryl methyl sites for hydroxylation is 2. The maximum atomic E-state index is 11.8. The fourth-order valence-corrected chi connectivity index (χ4v) is 3.07. The molecule has 0 saturated carbocycles. The van der Waals surface area contributed by atoms with Crippen molar-refractivity contribution in [3.05, 3.63) is 40.4 Å². The van der Waals surface area contributed by atoms with E-state index < -0.39 is 5.91 Å². The van der Waals surface area contributed by atoms with Crippen molar-refractivity contribution in [1.29, 1.82) is 0 Å². The summed E-state index contributed by atoms with van der Waals surface area (Å²) in [7, 11) is 0. The molecule has 0 fully saturated rings. The van der Waals surface area contributed by atoms with E-state index in [0.29, 0.717) is 15.8 Å². The second kappa shape index (κ2) is 6.15. The molecule has 2 amide bonds. The van der Waals surface area contributed by atoms with Crippen LogP contribution in [0, 0.1) is 0 Å². The lowest BCUT2D eigenvalue weighted by Gasteiger charge is -2.07. The summed E-state index contributed by atoms with van der Waals surface area (Å²) in [5, 5.41) is 2.91. The van der Waals surface area contributed by atoms with Gasteiger partial charge in [-0.1, -0.05) is 17.4 Å². The van der Waals surface area contributed by atoms with Crippen molar-refractivity contribution >= 4 is 28.3 Å². The minimum absolute atomic E-state index is 0.107. The maximum absolute atomic E-state index is 11.8. The highest BCUT2D eigenvalue weighted by atomic mass is 32.1. The number of primary amides is 1. The molecule has 1 aliphatic carbocycles. The Morgan fingerprint density at radius 3 is 2.91 bits per heavy atom. The van der Waals surface area contributed by atoms with Crippen molar-refractivity contribution in [3.63, 3.8) is 0 Å². The largest absolute Gasteiger partial charge is 0.484 e. The number of fused-ring (bicyclic) bond motifs is 1. The van der Waals surface area contributed by atoms with Gasteiger partial charge in [0, 0.05) is 0 Å². The molecule has 0 bridgehead atoms. The molecular weight excluding hydrogens is 302 g/mol. The molecule has 1 aliphatic rings. The zero-order valence-corrected chi connectivity index (χ0v) is 12.6. The van der Waals surface area contributed by atoms with Gasteiger partial charge >= 0.3 is 0 Å². The Kier molecular flexibility index (Phi) is 4.06. The van der Waals surface area contributed by atoms with Gasteiger partial charge in [0.2, 0.25) is 0 Å². The standard InChI is InChI=1S/C15H15N3O3S/c16-14(20)12-7-17-15(22-12)18-13(19)8-21-11-5-4-9-2-1-3-10(9)6-11/h4-7H,1-3,8H2,(H2,16,20)(H,17,18,19). The zero-order valence-electron chi connectivity index (χ0n) is 11.8. The minimum atomic E-state index is -0.563. The van der Waals surface area contributed by atoms with E-state index in [0.717, 1.165) is 24.2 Å². The van der Waals surface area contributed by atoms with Crippen LogP contribution in [0.2, 0.25) is 0 Å². The van der Waals surface area contributed by atoms with E-state index in [1.165, 1.54) is 23.7 Å². The quantitative estimate of drug-likeness (QED) is 0.878. The Bertz CT molecular complexity index is 727. The highest BCUT2D eigenvalue weighted by Gasteiger charge is 2.13. The summed E-state index contributed by atoms with van der Waals surface area (Å²) in [6.07, 6.45) is 4.69. The number of carbonyl (C=O) groups is 2. The molecule has 0 aliphatic heterocycles. The molecule has 0 radical (unpaired) electrons. The zero-order chi connectivity index (χ0) is 15.5. The van der Waals surface area contributed by atoms with Crippen LogP contribution in [0.25, 0.3) is 0 Å². The predicted molar refractivity (Wildman–Crippen MR) is 83.2 cm³/mol. The van der Waals surface area contributed by atoms with Crippen LogP contribution in [-0.4, -0.2) is 23.4 Å². The topological polar surface area (TPSA) is 94.3 Å². The lowest BCUT2D eigenvalue weighted by atomic mass is 10.1. The third-order valence-corrected chi connectivity index (χ3v) is 4.36. The van der Waals surface area contributed by atoms with E-state index in [4.69, 9.17) is 10.5 Å². The van der Waals surface area contributed by atoms with Gasteiger partial charge in [-0.25, -0.2) is 4.98 Å². The van der Waals surface area contributed by atoms with E-state index >= 15 is 0 Å². The Labute approximate surface area is 131 Å². The molecule has 3 rings (SSSR count). The highest BCUT2D eigenvalue weighted by molar-refractivity contribution is 7.17. The van der Waals surface area contributed by atoms with Crippen molar-refractivity contribution in [2.45, 2.75) is 19.3 Å². The van der Waals surface area contributed by atoms with Gasteiger partial charge in [0.25, 0.3) is 11.8 Å². The average molecular weight is 317 g/mol. The van der Waals surface area contributed by atoms with Crippen molar-refractivity contribution in [3.8, 4) is 5.75 Å². The van der Waals surface area contributed by atoms with Gasteiger partial charge in [-0.2, -0.15) is 0 Å². The number of ether oxygens (including phenoxy) is 1. The van der Waals surface area contributed by atoms with E-state index in [1.54, 1.807) is 0 Å². The molecule has 6 nitrogen and oxygen atoms in total. The van der Waals surface area contributed by atoms with Gasteiger partial charge in [-0.15, -0.1) is 0 Å². The van der Waals surface area contributed by atoms with Crippen molar-refractivity contribution in [1.82, 2.24) is 4.98 Å². The lowest BCUT2D eigenvalue weighted by Crippen LogP contribution is -2.20. The van der Waals surface area contributed by atoms with Crippen LogP contribution in [-0.2, 0) is 17.6 Å². The fraction of sp³-hybridized carbons (Fsp3) is 0.267. The van der Waals surface area contributed by atoms with Gasteiger partial charge in [-0.05, 0) is 42.5 Å². The molecule has 0 atom stereocenters. The first-order valence-electron chi connectivity index (χ1n) is 6.92. The molecule has 114 valence electrons. The Morgan fingerprint density at radius 2 is 2.14 bits per heavy atom. The van der Waals surface area contributed by atoms with Gasteiger partial charge in [0.15, 0.2) is 11.7 Å². The van der Waals surface area contributed by atoms with Crippen LogP contribution in [0.5, 0.6) is 5.75 Å².